The van der Waals surface area contributed by atoms with Crippen LogP contribution in [0.3, 0.4) is 0 Å². The van der Waals surface area contributed by atoms with Crippen molar-refractivity contribution in [2.24, 2.45) is 11.7 Å². The van der Waals surface area contributed by atoms with Crippen LogP contribution in [0, 0.1) is 5.92 Å². The standard InChI is InChI=1S/C11H20N2O3/c1-7(2)8(9(14)15)13-10(16)11(12)5-3-4-6-11/h7-8H,3-6,12H2,1-2H3,(H,13,16)(H,14,15)/t8-/m0/s1. The van der Waals surface area contributed by atoms with Crippen molar-refractivity contribution in [1.82, 2.24) is 5.32 Å². The summed E-state index contributed by atoms with van der Waals surface area (Å²) in [5, 5.41) is 11.5. The number of hydrogen-bond donors (Lipinski definition) is 3. The maximum absolute atomic E-state index is 11.9. The van der Waals surface area contributed by atoms with Crippen molar-refractivity contribution in [3.63, 3.8) is 0 Å². The van der Waals surface area contributed by atoms with E-state index in [0.717, 1.165) is 12.8 Å². The first-order valence-electron chi connectivity index (χ1n) is 5.69. The molecule has 0 aromatic heterocycles. The van der Waals surface area contributed by atoms with E-state index < -0.39 is 17.6 Å². The van der Waals surface area contributed by atoms with E-state index in [4.69, 9.17) is 10.8 Å². The number of carboxylic acid groups (broad SMARTS) is 1. The number of aliphatic carboxylic acids is 1. The molecule has 0 saturated heterocycles. The SMILES string of the molecule is CC(C)[C@H](NC(=O)C1(N)CCCC1)C(=O)O. The molecule has 1 fully saturated rings. The van der Waals surface area contributed by atoms with Gasteiger partial charge in [-0.05, 0) is 18.8 Å². The first-order chi connectivity index (χ1) is 7.37. The molecule has 1 atom stereocenters. The second-order valence-electron chi connectivity index (χ2n) is 4.90. The molecule has 5 nitrogen and oxygen atoms in total. The lowest BCUT2D eigenvalue weighted by atomic mass is 9.96. The van der Waals surface area contributed by atoms with Crippen molar-refractivity contribution in [3.8, 4) is 0 Å². The Morgan fingerprint density at radius 2 is 1.81 bits per heavy atom. The van der Waals surface area contributed by atoms with Crippen LogP contribution >= 0.6 is 0 Å². The predicted molar refractivity (Wildman–Crippen MR) is 59.8 cm³/mol. The highest BCUT2D eigenvalue weighted by molar-refractivity contribution is 5.90. The number of carbonyl (C=O) groups excluding carboxylic acids is 1. The Kier molecular flexibility index (Phi) is 3.91. The molecule has 1 saturated carbocycles. The molecule has 0 aliphatic heterocycles. The van der Waals surface area contributed by atoms with Gasteiger partial charge in [0.05, 0.1) is 5.54 Å². The van der Waals surface area contributed by atoms with Crippen molar-refractivity contribution < 1.29 is 14.7 Å². The Morgan fingerprint density at radius 3 is 2.19 bits per heavy atom. The van der Waals surface area contributed by atoms with Gasteiger partial charge in [-0.2, -0.15) is 0 Å². The van der Waals surface area contributed by atoms with Crippen molar-refractivity contribution in [2.45, 2.75) is 51.1 Å². The molecule has 16 heavy (non-hydrogen) atoms. The minimum Gasteiger partial charge on any atom is -0.480 e. The van der Waals surface area contributed by atoms with Crippen LogP contribution in [0.15, 0.2) is 0 Å². The molecule has 0 bridgehead atoms. The molecule has 0 aromatic rings. The smallest absolute Gasteiger partial charge is 0.326 e. The van der Waals surface area contributed by atoms with E-state index in [1.54, 1.807) is 13.8 Å². The Hall–Kier alpha value is -1.10. The summed E-state index contributed by atoms with van der Waals surface area (Å²) in [6, 6.07) is -0.853. The summed E-state index contributed by atoms with van der Waals surface area (Å²) in [4.78, 5) is 22.8. The van der Waals surface area contributed by atoms with Gasteiger partial charge in [0.25, 0.3) is 0 Å². The van der Waals surface area contributed by atoms with E-state index in [1.807, 2.05) is 0 Å². The van der Waals surface area contributed by atoms with Gasteiger partial charge in [0.2, 0.25) is 5.91 Å². The molecule has 1 aliphatic carbocycles. The third kappa shape index (κ3) is 2.72. The van der Waals surface area contributed by atoms with Crippen LogP contribution in [0.1, 0.15) is 39.5 Å². The molecule has 1 amide bonds. The fourth-order valence-electron chi connectivity index (χ4n) is 2.03. The average Bonchev–Trinajstić information content (AvgIpc) is 2.61. The molecule has 5 heteroatoms. The molecule has 0 unspecified atom stereocenters. The first kappa shape index (κ1) is 13.0. The largest absolute Gasteiger partial charge is 0.480 e. The molecule has 0 spiro atoms. The van der Waals surface area contributed by atoms with Gasteiger partial charge in [-0.3, -0.25) is 4.79 Å². The van der Waals surface area contributed by atoms with Gasteiger partial charge in [0.15, 0.2) is 0 Å². The Labute approximate surface area is 95.4 Å². The summed E-state index contributed by atoms with van der Waals surface area (Å²) in [7, 11) is 0. The molecule has 92 valence electrons. The summed E-state index contributed by atoms with van der Waals surface area (Å²) in [6.45, 7) is 3.52. The fourth-order valence-corrected chi connectivity index (χ4v) is 2.03. The van der Waals surface area contributed by atoms with Gasteiger partial charge in [-0.25, -0.2) is 4.79 Å². The minimum absolute atomic E-state index is 0.147. The molecule has 1 rings (SSSR count). The molecular formula is C11H20N2O3. The second kappa shape index (κ2) is 4.82. The van der Waals surface area contributed by atoms with Crippen LogP contribution in [-0.2, 0) is 9.59 Å². The molecule has 4 N–H and O–H groups in total. The van der Waals surface area contributed by atoms with Crippen LogP contribution < -0.4 is 11.1 Å². The zero-order chi connectivity index (χ0) is 12.3. The van der Waals surface area contributed by atoms with Crippen molar-refractivity contribution in [2.75, 3.05) is 0 Å². The number of nitrogens with two attached hydrogens (primary N) is 1. The maximum Gasteiger partial charge on any atom is 0.326 e. The summed E-state index contributed by atoms with van der Waals surface area (Å²) in [5.74, 6) is -1.48. The van der Waals surface area contributed by atoms with E-state index >= 15 is 0 Å². The fraction of sp³-hybridized carbons (Fsp3) is 0.818. The van der Waals surface area contributed by atoms with Crippen LogP contribution in [0.25, 0.3) is 0 Å². The van der Waals surface area contributed by atoms with Crippen LogP contribution in [-0.4, -0.2) is 28.6 Å². The van der Waals surface area contributed by atoms with Crippen molar-refractivity contribution in [3.05, 3.63) is 0 Å². The predicted octanol–water partition coefficient (Wildman–Crippen LogP) is 0.483. The Morgan fingerprint density at radius 1 is 1.31 bits per heavy atom. The van der Waals surface area contributed by atoms with E-state index in [9.17, 15) is 9.59 Å². The van der Waals surface area contributed by atoms with Gasteiger partial charge >= 0.3 is 5.97 Å². The lowest BCUT2D eigenvalue weighted by Crippen LogP contribution is -2.57. The summed E-state index contributed by atoms with van der Waals surface area (Å²) < 4.78 is 0. The first-order valence-corrected chi connectivity index (χ1v) is 5.69. The van der Waals surface area contributed by atoms with E-state index in [0.29, 0.717) is 12.8 Å². The van der Waals surface area contributed by atoms with Gasteiger partial charge in [0, 0.05) is 0 Å². The van der Waals surface area contributed by atoms with Crippen molar-refractivity contribution in [1.29, 1.82) is 0 Å². The summed E-state index contributed by atoms with van der Waals surface area (Å²) >= 11 is 0. The third-order valence-electron chi connectivity index (χ3n) is 3.17. The highest BCUT2D eigenvalue weighted by Crippen LogP contribution is 2.27. The van der Waals surface area contributed by atoms with Crippen LogP contribution in [0.2, 0.25) is 0 Å². The molecule has 0 heterocycles. The number of hydrogen-bond acceptors (Lipinski definition) is 3. The maximum atomic E-state index is 11.9. The zero-order valence-corrected chi connectivity index (χ0v) is 9.82. The van der Waals surface area contributed by atoms with Gasteiger partial charge in [-0.1, -0.05) is 26.7 Å². The quantitative estimate of drug-likeness (QED) is 0.652. The highest BCUT2D eigenvalue weighted by atomic mass is 16.4. The Bertz CT molecular complexity index is 283. The van der Waals surface area contributed by atoms with E-state index in [-0.39, 0.29) is 11.8 Å². The zero-order valence-electron chi connectivity index (χ0n) is 9.82. The summed E-state index contributed by atoms with van der Waals surface area (Å²) in [5.41, 5.74) is 5.09. The van der Waals surface area contributed by atoms with Crippen LogP contribution in [0.5, 0.6) is 0 Å². The van der Waals surface area contributed by atoms with Gasteiger partial charge in [-0.15, -0.1) is 0 Å². The highest BCUT2D eigenvalue weighted by Gasteiger charge is 2.39. The average molecular weight is 228 g/mol. The normalized spacial score (nSPS) is 20.8. The number of nitrogens with one attached hydrogen (secondary N) is 1. The topological polar surface area (TPSA) is 92.4 Å². The lowest BCUT2D eigenvalue weighted by Gasteiger charge is -2.26. The van der Waals surface area contributed by atoms with Crippen LogP contribution in [0.4, 0.5) is 0 Å². The van der Waals surface area contributed by atoms with E-state index in [1.165, 1.54) is 0 Å². The van der Waals surface area contributed by atoms with Crippen molar-refractivity contribution >= 4 is 11.9 Å². The van der Waals surface area contributed by atoms with Gasteiger partial charge < -0.3 is 16.2 Å². The monoisotopic (exact) mass is 228 g/mol. The number of rotatable bonds is 4. The third-order valence-corrected chi connectivity index (χ3v) is 3.17. The number of carbonyl (C=O) groups is 2. The number of amides is 1. The summed E-state index contributed by atoms with van der Waals surface area (Å²) in [6.07, 6.45) is 3.15. The molecular weight excluding hydrogens is 208 g/mol. The van der Waals surface area contributed by atoms with Gasteiger partial charge in [0.1, 0.15) is 6.04 Å². The second-order valence-corrected chi connectivity index (χ2v) is 4.90. The number of carboxylic acids is 1. The molecule has 0 aromatic carbocycles. The molecule has 1 aliphatic rings. The molecule has 0 radical (unpaired) electrons. The lowest BCUT2D eigenvalue weighted by molar-refractivity contribution is -0.144. The Balaban J connectivity index is 2.65. The van der Waals surface area contributed by atoms with E-state index in [2.05, 4.69) is 5.32 Å². The minimum atomic E-state index is -1.01.